The van der Waals surface area contributed by atoms with Crippen molar-refractivity contribution in [3.05, 3.63) is 65.2 Å². The third-order valence-electron chi connectivity index (χ3n) is 5.96. The number of carbonyl (C=O) groups excluding carboxylic acids is 5. The van der Waals surface area contributed by atoms with Crippen LogP contribution in [0.3, 0.4) is 0 Å². The van der Waals surface area contributed by atoms with Crippen LogP contribution in [0.4, 0.5) is 5.69 Å². The van der Waals surface area contributed by atoms with Crippen LogP contribution in [0.5, 0.6) is 0 Å². The molecule has 2 aliphatic heterocycles. The van der Waals surface area contributed by atoms with Gasteiger partial charge in [-0.25, -0.2) is 4.79 Å². The highest BCUT2D eigenvalue weighted by Crippen LogP contribution is 2.25. The molecule has 2 aromatic rings. The molecule has 10 heteroatoms. The smallest absolute Gasteiger partial charge is 0.335 e. The Hall–Kier alpha value is -4.49. The standard InChI is InChI=1S/C28H27N3O7/c32-24(14-17-37-18-15-28(36)38-31-26(34)11-12-27(31)35)29-16-13-25(33)30-19-22-7-2-1-5-20(22)9-10-21-6-3-4-8-23(21)30/h1-8H,11-19H2,(H,29,32). The lowest BCUT2D eigenvalue weighted by atomic mass is 10.0. The quantitative estimate of drug-likeness (QED) is 0.290. The Morgan fingerprint density at radius 2 is 1.50 bits per heavy atom. The maximum absolute atomic E-state index is 13.2. The molecule has 0 bridgehead atoms. The highest BCUT2D eigenvalue weighted by molar-refractivity contribution is 6.01. The van der Waals surface area contributed by atoms with Gasteiger partial charge in [0.05, 0.1) is 31.9 Å². The second kappa shape index (κ2) is 12.7. The number of hydrogen-bond donors (Lipinski definition) is 1. The van der Waals surface area contributed by atoms with Crippen molar-refractivity contribution in [1.82, 2.24) is 10.4 Å². The largest absolute Gasteiger partial charge is 0.380 e. The number of benzene rings is 2. The summed E-state index contributed by atoms with van der Waals surface area (Å²) < 4.78 is 5.28. The molecule has 4 rings (SSSR count). The van der Waals surface area contributed by atoms with E-state index >= 15 is 0 Å². The Labute approximate surface area is 219 Å². The number of nitrogens with one attached hydrogen (secondary N) is 1. The Balaban J connectivity index is 1.18. The first-order valence-corrected chi connectivity index (χ1v) is 12.3. The topological polar surface area (TPSA) is 122 Å². The van der Waals surface area contributed by atoms with Gasteiger partial charge in [-0.15, -0.1) is 5.06 Å². The molecular weight excluding hydrogens is 490 g/mol. The first-order valence-electron chi connectivity index (χ1n) is 12.3. The number of rotatable bonds is 10. The number of fused-ring (bicyclic) bond motifs is 2. The molecule has 2 aliphatic rings. The summed E-state index contributed by atoms with van der Waals surface area (Å²) in [7, 11) is 0. The highest BCUT2D eigenvalue weighted by atomic mass is 16.7. The van der Waals surface area contributed by atoms with Crippen molar-refractivity contribution in [2.45, 2.75) is 38.6 Å². The van der Waals surface area contributed by atoms with Gasteiger partial charge in [-0.2, -0.15) is 0 Å². The van der Waals surface area contributed by atoms with Crippen molar-refractivity contribution in [3.8, 4) is 11.8 Å². The van der Waals surface area contributed by atoms with Gasteiger partial charge < -0.3 is 19.8 Å². The van der Waals surface area contributed by atoms with Gasteiger partial charge in [0.1, 0.15) is 0 Å². The summed E-state index contributed by atoms with van der Waals surface area (Å²) in [6, 6.07) is 15.2. The van der Waals surface area contributed by atoms with E-state index in [-0.39, 0.29) is 63.7 Å². The number of ether oxygens (including phenoxy) is 1. The summed E-state index contributed by atoms with van der Waals surface area (Å²) in [5.41, 5.74) is 3.32. The minimum absolute atomic E-state index is 0.0251. The molecular formula is C28H27N3O7. The fraction of sp³-hybridized carbons (Fsp3) is 0.321. The predicted molar refractivity (Wildman–Crippen MR) is 135 cm³/mol. The molecule has 1 N–H and O–H groups in total. The number of imide groups is 1. The highest BCUT2D eigenvalue weighted by Gasteiger charge is 2.32. The van der Waals surface area contributed by atoms with E-state index < -0.39 is 17.8 Å². The van der Waals surface area contributed by atoms with Crippen molar-refractivity contribution in [2.75, 3.05) is 24.7 Å². The number of anilines is 1. The third-order valence-corrected chi connectivity index (χ3v) is 5.96. The Bertz CT molecular complexity index is 1290. The zero-order valence-electron chi connectivity index (χ0n) is 20.7. The number of hydroxylamine groups is 2. The van der Waals surface area contributed by atoms with Gasteiger partial charge in [-0.1, -0.05) is 42.2 Å². The van der Waals surface area contributed by atoms with Crippen LogP contribution in [0.15, 0.2) is 48.5 Å². The zero-order valence-corrected chi connectivity index (χ0v) is 20.7. The molecule has 0 saturated carbocycles. The molecule has 0 aliphatic carbocycles. The van der Waals surface area contributed by atoms with E-state index in [1.807, 2.05) is 48.5 Å². The fourth-order valence-electron chi connectivity index (χ4n) is 3.97. The number of hydrogen-bond acceptors (Lipinski definition) is 7. The van der Waals surface area contributed by atoms with Crippen LogP contribution in [0.1, 0.15) is 48.8 Å². The molecule has 0 unspecified atom stereocenters. The van der Waals surface area contributed by atoms with Gasteiger partial charge in [0.2, 0.25) is 11.8 Å². The van der Waals surface area contributed by atoms with E-state index in [4.69, 9.17) is 9.57 Å². The SMILES string of the molecule is O=C(CCOCCC(=O)ON1C(=O)CCC1=O)NCCC(=O)N1Cc2ccccc2C#Cc2ccccc21. The molecule has 38 heavy (non-hydrogen) atoms. The molecule has 4 amide bonds. The molecule has 0 atom stereocenters. The van der Waals surface area contributed by atoms with Gasteiger partial charge >= 0.3 is 5.97 Å². The molecule has 1 fully saturated rings. The van der Waals surface area contributed by atoms with Crippen LogP contribution < -0.4 is 10.2 Å². The monoisotopic (exact) mass is 517 g/mol. The fourth-order valence-corrected chi connectivity index (χ4v) is 3.97. The molecule has 10 nitrogen and oxygen atoms in total. The molecule has 2 heterocycles. The van der Waals surface area contributed by atoms with Crippen molar-refractivity contribution >= 4 is 35.3 Å². The summed E-state index contributed by atoms with van der Waals surface area (Å²) in [4.78, 5) is 66.4. The Morgan fingerprint density at radius 1 is 0.842 bits per heavy atom. The first kappa shape index (κ1) is 26.6. The average molecular weight is 518 g/mol. The van der Waals surface area contributed by atoms with Crippen LogP contribution >= 0.6 is 0 Å². The number of para-hydroxylation sites is 1. The minimum Gasteiger partial charge on any atom is -0.380 e. The molecule has 196 valence electrons. The van der Waals surface area contributed by atoms with E-state index in [0.29, 0.717) is 11.6 Å². The first-order chi connectivity index (χ1) is 18.4. The summed E-state index contributed by atoms with van der Waals surface area (Å²) >= 11 is 0. The normalized spacial score (nSPS) is 14.0. The molecule has 2 aromatic carbocycles. The maximum Gasteiger partial charge on any atom is 0.335 e. The average Bonchev–Trinajstić information content (AvgIpc) is 3.21. The number of carbonyl (C=O) groups is 5. The van der Waals surface area contributed by atoms with E-state index in [1.165, 1.54) is 0 Å². The summed E-state index contributed by atoms with van der Waals surface area (Å²) in [6.07, 6.45) is 0.0325. The Kier molecular flexibility index (Phi) is 8.85. The van der Waals surface area contributed by atoms with E-state index in [2.05, 4.69) is 17.2 Å². The van der Waals surface area contributed by atoms with Gasteiger partial charge in [0, 0.05) is 43.4 Å². The Morgan fingerprint density at radius 3 is 2.29 bits per heavy atom. The third kappa shape index (κ3) is 6.83. The van der Waals surface area contributed by atoms with E-state index in [9.17, 15) is 24.0 Å². The van der Waals surface area contributed by atoms with Gasteiger partial charge in [0.25, 0.3) is 11.8 Å². The molecule has 0 radical (unpaired) electrons. The predicted octanol–water partition coefficient (Wildman–Crippen LogP) is 1.84. The number of amides is 4. The molecule has 0 aromatic heterocycles. The second-order valence-electron chi connectivity index (χ2n) is 8.66. The van der Waals surface area contributed by atoms with E-state index in [0.717, 1.165) is 22.4 Å². The van der Waals surface area contributed by atoms with Crippen LogP contribution in [0, 0.1) is 11.8 Å². The summed E-state index contributed by atoms with van der Waals surface area (Å²) in [6.45, 7) is 0.571. The van der Waals surface area contributed by atoms with Crippen LogP contribution in [0.2, 0.25) is 0 Å². The second-order valence-corrected chi connectivity index (χ2v) is 8.66. The number of nitrogens with zero attached hydrogens (tertiary/aromatic N) is 2. The van der Waals surface area contributed by atoms with Crippen LogP contribution in [-0.2, 0) is 40.1 Å². The van der Waals surface area contributed by atoms with Gasteiger partial charge in [0.15, 0.2) is 0 Å². The van der Waals surface area contributed by atoms with Gasteiger partial charge in [-0.3, -0.25) is 19.2 Å². The van der Waals surface area contributed by atoms with Crippen molar-refractivity contribution in [3.63, 3.8) is 0 Å². The lowest BCUT2D eigenvalue weighted by molar-refractivity contribution is -0.198. The van der Waals surface area contributed by atoms with E-state index in [1.54, 1.807) is 4.90 Å². The van der Waals surface area contributed by atoms with Crippen molar-refractivity contribution < 1.29 is 33.5 Å². The molecule has 1 saturated heterocycles. The van der Waals surface area contributed by atoms with Crippen LogP contribution in [-0.4, -0.2) is 54.4 Å². The van der Waals surface area contributed by atoms with Crippen molar-refractivity contribution in [1.29, 1.82) is 0 Å². The lowest BCUT2D eigenvalue weighted by Gasteiger charge is -2.26. The lowest BCUT2D eigenvalue weighted by Crippen LogP contribution is -2.35. The van der Waals surface area contributed by atoms with Crippen LogP contribution in [0.25, 0.3) is 0 Å². The summed E-state index contributed by atoms with van der Waals surface area (Å²) in [5.74, 6) is 4.04. The molecule has 0 spiro atoms. The minimum atomic E-state index is -0.768. The van der Waals surface area contributed by atoms with Crippen molar-refractivity contribution in [2.24, 2.45) is 0 Å². The van der Waals surface area contributed by atoms with Gasteiger partial charge in [-0.05, 0) is 23.8 Å². The zero-order chi connectivity index (χ0) is 26.9. The summed E-state index contributed by atoms with van der Waals surface area (Å²) in [5, 5.41) is 3.19. The maximum atomic E-state index is 13.2.